The fourth-order valence-electron chi connectivity index (χ4n) is 2.90. The van der Waals surface area contributed by atoms with Crippen LogP contribution in [0.15, 0.2) is 35.5 Å². The molecule has 0 saturated carbocycles. The number of benzene rings is 2. The van der Waals surface area contributed by atoms with E-state index in [0.717, 1.165) is 28.9 Å². The van der Waals surface area contributed by atoms with Crippen molar-refractivity contribution in [3.05, 3.63) is 57.6 Å². The molecular weight excluding hydrogens is 352 g/mol. The van der Waals surface area contributed by atoms with Crippen molar-refractivity contribution in [2.24, 2.45) is 5.16 Å². The summed E-state index contributed by atoms with van der Waals surface area (Å²) in [7, 11) is 0. The normalized spacial score (nSPS) is 13.2. The molecule has 136 valence electrons. The van der Waals surface area contributed by atoms with Gasteiger partial charge in [0.15, 0.2) is 6.61 Å². The first-order valence-electron chi connectivity index (χ1n) is 8.43. The van der Waals surface area contributed by atoms with Gasteiger partial charge in [-0.05, 0) is 67.3 Å². The van der Waals surface area contributed by atoms with Crippen molar-refractivity contribution < 1.29 is 14.4 Å². The molecule has 1 aliphatic rings. The Hall–Kier alpha value is -2.53. The predicted octanol–water partition coefficient (Wildman–Crippen LogP) is 4.27. The molecule has 0 saturated heterocycles. The van der Waals surface area contributed by atoms with Crippen molar-refractivity contribution in [1.29, 1.82) is 0 Å². The topological polar surface area (TPSA) is 59.9 Å². The maximum absolute atomic E-state index is 12.1. The summed E-state index contributed by atoms with van der Waals surface area (Å²) in [5.74, 6) is 0.616. The standard InChI is InChI=1S/C20H21ClN2O3/c1-12-8-13(2)20(17(21)9-12)22-19(24)11-26-23-14(3)15-4-5-18-16(10-15)6-7-25-18/h4-5,8-10H,6-7,11H2,1-3H3,(H,22,24)/b23-14+. The Morgan fingerprint density at radius 1 is 1.31 bits per heavy atom. The molecular formula is C20H21ClN2O3. The van der Waals surface area contributed by atoms with E-state index in [0.29, 0.717) is 23.0 Å². The molecule has 0 spiro atoms. The van der Waals surface area contributed by atoms with Crippen LogP contribution in [-0.2, 0) is 16.1 Å². The Balaban J connectivity index is 1.59. The molecule has 2 aromatic carbocycles. The van der Waals surface area contributed by atoms with Gasteiger partial charge in [0, 0.05) is 6.42 Å². The van der Waals surface area contributed by atoms with Gasteiger partial charge in [0.2, 0.25) is 0 Å². The highest BCUT2D eigenvalue weighted by Gasteiger charge is 2.13. The third-order valence-electron chi connectivity index (χ3n) is 4.20. The number of halogens is 1. The van der Waals surface area contributed by atoms with E-state index in [4.69, 9.17) is 21.2 Å². The van der Waals surface area contributed by atoms with Gasteiger partial charge in [-0.1, -0.05) is 22.8 Å². The van der Waals surface area contributed by atoms with Gasteiger partial charge in [0.1, 0.15) is 5.75 Å². The van der Waals surface area contributed by atoms with Crippen LogP contribution in [-0.4, -0.2) is 24.8 Å². The Labute approximate surface area is 157 Å². The average Bonchev–Trinajstić information content (AvgIpc) is 3.05. The number of rotatable bonds is 5. The van der Waals surface area contributed by atoms with Crippen molar-refractivity contribution >= 4 is 28.9 Å². The Morgan fingerprint density at radius 3 is 2.88 bits per heavy atom. The van der Waals surface area contributed by atoms with Crippen molar-refractivity contribution in [1.82, 2.24) is 0 Å². The molecule has 0 aliphatic carbocycles. The molecule has 0 radical (unpaired) electrons. The van der Waals surface area contributed by atoms with E-state index < -0.39 is 0 Å². The lowest BCUT2D eigenvalue weighted by Crippen LogP contribution is -2.18. The van der Waals surface area contributed by atoms with Crippen molar-refractivity contribution in [3.8, 4) is 5.75 Å². The molecule has 1 N–H and O–H groups in total. The van der Waals surface area contributed by atoms with Gasteiger partial charge in [-0.15, -0.1) is 0 Å². The van der Waals surface area contributed by atoms with Crippen molar-refractivity contribution in [3.63, 3.8) is 0 Å². The Kier molecular flexibility index (Phi) is 5.47. The van der Waals surface area contributed by atoms with Gasteiger partial charge in [-0.3, -0.25) is 4.79 Å². The first-order chi connectivity index (χ1) is 12.4. The predicted molar refractivity (Wildman–Crippen MR) is 103 cm³/mol. The number of nitrogens with one attached hydrogen (secondary N) is 1. The maximum Gasteiger partial charge on any atom is 0.265 e. The summed E-state index contributed by atoms with van der Waals surface area (Å²) in [5, 5.41) is 7.32. The number of nitrogens with zero attached hydrogens (tertiary/aromatic N) is 1. The fraction of sp³-hybridized carbons (Fsp3) is 0.300. The summed E-state index contributed by atoms with van der Waals surface area (Å²) in [5.41, 5.74) is 5.37. The van der Waals surface area contributed by atoms with Gasteiger partial charge in [0.25, 0.3) is 5.91 Å². The highest BCUT2D eigenvalue weighted by Crippen LogP contribution is 2.27. The molecule has 26 heavy (non-hydrogen) atoms. The highest BCUT2D eigenvalue weighted by molar-refractivity contribution is 6.34. The highest BCUT2D eigenvalue weighted by atomic mass is 35.5. The quantitative estimate of drug-likeness (QED) is 0.629. The zero-order valence-electron chi connectivity index (χ0n) is 15.1. The van der Waals surface area contributed by atoms with Crippen LogP contribution < -0.4 is 10.1 Å². The molecule has 0 aromatic heterocycles. The lowest BCUT2D eigenvalue weighted by Gasteiger charge is -2.11. The van der Waals surface area contributed by atoms with Gasteiger partial charge < -0.3 is 14.9 Å². The molecule has 0 unspecified atom stereocenters. The van der Waals surface area contributed by atoms with Crippen molar-refractivity contribution in [2.45, 2.75) is 27.2 Å². The molecule has 1 amide bonds. The second kappa shape index (κ2) is 7.79. The third kappa shape index (κ3) is 4.17. The molecule has 2 aromatic rings. The first kappa shape index (κ1) is 18.3. The number of aryl methyl sites for hydroxylation is 2. The molecule has 0 atom stereocenters. The Bertz CT molecular complexity index is 854. The number of hydrogen-bond donors (Lipinski definition) is 1. The van der Waals surface area contributed by atoms with Crippen LogP contribution in [0.25, 0.3) is 0 Å². The molecule has 0 fully saturated rings. The van der Waals surface area contributed by atoms with Crippen LogP contribution in [0.4, 0.5) is 5.69 Å². The van der Waals surface area contributed by atoms with E-state index >= 15 is 0 Å². The fourth-order valence-corrected chi connectivity index (χ4v) is 3.27. The van der Waals surface area contributed by atoms with Gasteiger partial charge >= 0.3 is 0 Å². The molecule has 0 bridgehead atoms. The van der Waals surface area contributed by atoms with E-state index in [1.165, 1.54) is 5.56 Å². The smallest absolute Gasteiger partial charge is 0.265 e. The van der Waals surface area contributed by atoms with Crippen LogP contribution in [0.1, 0.15) is 29.2 Å². The lowest BCUT2D eigenvalue weighted by molar-refractivity contribution is -0.120. The second-order valence-electron chi connectivity index (χ2n) is 6.36. The average molecular weight is 373 g/mol. The molecule has 1 aliphatic heterocycles. The zero-order chi connectivity index (χ0) is 18.7. The van der Waals surface area contributed by atoms with Gasteiger partial charge in [-0.2, -0.15) is 0 Å². The number of hydrogen-bond acceptors (Lipinski definition) is 4. The number of anilines is 1. The summed E-state index contributed by atoms with van der Waals surface area (Å²) in [4.78, 5) is 17.3. The Morgan fingerprint density at radius 2 is 2.12 bits per heavy atom. The minimum Gasteiger partial charge on any atom is -0.493 e. The number of carbonyl (C=O) groups excluding carboxylic acids is 1. The number of oxime groups is 1. The molecule has 3 rings (SSSR count). The summed E-state index contributed by atoms with van der Waals surface area (Å²) in [6.45, 7) is 6.23. The van der Waals surface area contributed by atoms with Crippen LogP contribution >= 0.6 is 11.6 Å². The third-order valence-corrected chi connectivity index (χ3v) is 4.50. The van der Waals surface area contributed by atoms with Crippen LogP contribution in [0.5, 0.6) is 5.75 Å². The van der Waals surface area contributed by atoms with E-state index in [2.05, 4.69) is 10.5 Å². The molecule has 6 heteroatoms. The number of carbonyl (C=O) groups is 1. The monoisotopic (exact) mass is 372 g/mol. The lowest BCUT2D eigenvalue weighted by atomic mass is 10.1. The summed E-state index contributed by atoms with van der Waals surface area (Å²) >= 11 is 6.20. The van der Waals surface area contributed by atoms with E-state index in [1.54, 1.807) is 0 Å². The number of amides is 1. The maximum atomic E-state index is 12.1. The van der Waals surface area contributed by atoms with E-state index in [9.17, 15) is 4.79 Å². The van der Waals surface area contributed by atoms with Crippen LogP contribution in [0, 0.1) is 13.8 Å². The summed E-state index contributed by atoms with van der Waals surface area (Å²) in [6, 6.07) is 9.68. The first-order valence-corrected chi connectivity index (χ1v) is 8.81. The largest absolute Gasteiger partial charge is 0.493 e. The summed E-state index contributed by atoms with van der Waals surface area (Å²) in [6.07, 6.45) is 0.899. The van der Waals surface area contributed by atoms with Crippen LogP contribution in [0.3, 0.4) is 0 Å². The number of ether oxygens (including phenoxy) is 1. The minimum atomic E-state index is -0.308. The second-order valence-corrected chi connectivity index (χ2v) is 6.77. The number of fused-ring (bicyclic) bond motifs is 1. The van der Waals surface area contributed by atoms with Gasteiger partial charge in [-0.25, -0.2) is 0 Å². The SMILES string of the molecule is C/C(=N\OCC(=O)Nc1c(C)cc(C)cc1Cl)c1ccc2c(c1)CCO2. The molecule has 5 nitrogen and oxygen atoms in total. The van der Waals surface area contributed by atoms with Gasteiger partial charge in [0.05, 0.1) is 23.0 Å². The van der Waals surface area contributed by atoms with Crippen molar-refractivity contribution in [2.75, 3.05) is 18.5 Å². The van der Waals surface area contributed by atoms with E-state index in [1.807, 2.05) is 51.1 Å². The van der Waals surface area contributed by atoms with E-state index in [-0.39, 0.29) is 12.5 Å². The molecule has 1 heterocycles. The zero-order valence-corrected chi connectivity index (χ0v) is 15.8. The minimum absolute atomic E-state index is 0.185. The summed E-state index contributed by atoms with van der Waals surface area (Å²) < 4.78 is 5.49. The van der Waals surface area contributed by atoms with Crippen LogP contribution in [0.2, 0.25) is 5.02 Å².